The van der Waals surface area contributed by atoms with Gasteiger partial charge in [-0.25, -0.2) is 9.18 Å². The van der Waals surface area contributed by atoms with Crippen LogP contribution in [0.15, 0.2) is 22.7 Å². The van der Waals surface area contributed by atoms with Crippen LogP contribution >= 0.6 is 0 Å². The normalized spacial score (nSPS) is 10.3. The van der Waals surface area contributed by atoms with Crippen LogP contribution in [0.4, 0.5) is 10.1 Å². The number of rotatable bonds is 3. The van der Waals surface area contributed by atoms with Crippen molar-refractivity contribution in [1.29, 1.82) is 0 Å². The van der Waals surface area contributed by atoms with Crippen molar-refractivity contribution in [3.05, 3.63) is 29.8 Å². The van der Waals surface area contributed by atoms with Crippen LogP contribution in [0.3, 0.4) is 0 Å². The maximum absolute atomic E-state index is 13.0. The summed E-state index contributed by atoms with van der Waals surface area (Å²) in [5.74, 6) is -1.33. The van der Waals surface area contributed by atoms with Gasteiger partial charge in [0, 0.05) is 5.56 Å². The Morgan fingerprint density at radius 1 is 1.56 bits per heavy atom. The van der Waals surface area contributed by atoms with Crippen molar-refractivity contribution in [3.8, 4) is 11.5 Å². The number of nitrogen functional groups attached to an aromatic ring is 1. The predicted molar refractivity (Wildman–Crippen MR) is 60.1 cm³/mol. The van der Waals surface area contributed by atoms with Crippen molar-refractivity contribution < 1.29 is 18.4 Å². The first-order valence-electron chi connectivity index (χ1n) is 5.18. The molecule has 2 aromatic rings. The number of carbonyl (C=O) groups is 1. The first-order valence-corrected chi connectivity index (χ1v) is 5.18. The van der Waals surface area contributed by atoms with E-state index in [2.05, 4.69) is 10.1 Å². The Labute approximate surface area is 102 Å². The van der Waals surface area contributed by atoms with Gasteiger partial charge in [0.2, 0.25) is 0 Å². The molecule has 2 rings (SSSR count). The van der Waals surface area contributed by atoms with E-state index in [4.69, 9.17) is 15.0 Å². The fourth-order valence-electron chi connectivity index (χ4n) is 1.30. The van der Waals surface area contributed by atoms with Crippen molar-refractivity contribution >= 4 is 11.7 Å². The Bertz CT molecular complexity index is 583. The van der Waals surface area contributed by atoms with E-state index in [-0.39, 0.29) is 24.0 Å². The lowest BCUT2D eigenvalue weighted by molar-refractivity contribution is 0.0508. The highest BCUT2D eigenvalue weighted by Gasteiger charge is 2.17. The smallest absolute Gasteiger partial charge is 0.379 e. The van der Waals surface area contributed by atoms with Gasteiger partial charge in [-0.05, 0) is 30.3 Å². The molecule has 0 spiro atoms. The monoisotopic (exact) mass is 251 g/mol. The molecule has 1 aromatic carbocycles. The van der Waals surface area contributed by atoms with Crippen LogP contribution in [0.5, 0.6) is 0 Å². The Hall–Kier alpha value is -2.44. The third-order valence-electron chi connectivity index (χ3n) is 2.13. The molecule has 0 fully saturated rings. The highest BCUT2D eigenvalue weighted by molar-refractivity contribution is 5.85. The summed E-state index contributed by atoms with van der Waals surface area (Å²) in [6.45, 7) is 1.88. The number of benzene rings is 1. The van der Waals surface area contributed by atoms with Gasteiger partial charge in [-0.1, -0.05) is 0 Å². The fourth-order valence-corrected chi connectivity index (χ4v) is 1.30. The van der Waals surface area contributed by atoms with Gasteiger partial charge < -0.3 is 15.0 Å². The van der Waals surface area contributed by atoms with Crippen LogP contribution in [0.2, 0.25) is 0 Å². The molecule has 94 valence electrons. The summed E-state index contributed by atoms with van der Waals surface area (Å²) in [5.41, 5.74) is 5.80. The van der Waals surface area contributed by atoms with Gasteiger partial charge in [0.05, 0.1) is 12.3 Å². The second-order valence-corrected chi connectivity index (χ2v) is 3.38. The summed E-state index contributed by atoms with van der Waals surface area (Å²) in [4.78, 5) is 15.2. The summed E-state index contributed by atoms with van der Waals surface area (Å²) < 4.78 is 22.6. The fraction of sp³-hybridized carbons (Fsp3) is 0.182. The number of anilines is 1. The van der Waals surface area contributed by atoms with E-state index in [1.54, 1.807) is 6.92 Å². The number of esters is 1. The molecular weight excluding hydrogens is 241 g/mol. The number of nitrogens with zero attached hydrogens (tertiary/aromatic N) is 2. The zero-order valence-electron chi connectivity index (χ0n) is 9.51. The van der Waals surface area contributed by atoms with E-state index in [0.29, 0.717) is 5.56 Å². The maximum atomic E-state index is 13.0. The van der Waals surface area contributed by atoms with Crippen LogP contribution < -0.4 is 5.73 Å². The Kier molecular flexibility index (Phi) is 3.22. The van der Waals surface area contributed by atoms with E-state index in [9.17, 15) is 9.18 Å². The average molecular weight is 251 g/mol. The van der Waals surface area contributed by atoms with Crippen molar-refractivity contribution in [3.63, 3.8) is 0 Å². The van der Waals surface area contributed by atoms with E-state index < -0.39 is 11.8 Å². The molecule has 0 aliphatic carbocycles. The zero-order valence-corrected chi connectivity index (χ0v) is 9.51. The Balaban J connectivity index is 2.29. The Morgan fingerprint density at radius 3 is 3.00 bits per heavy atom. The van der Waals surface area contributed by atoms with Gasteiger partial charge in [-0.15, -0.1) is 0 Å². The maximum Gasteiger partial charge on any atom is 0.379 e. The van der Waals surface area contributed by atoms with Gasteiger partial charge in [-0.3, -0.25) is 0 Å². The van der Waals surface area contributed by atoms with Crippen molar-refractivity contribution in [2.24, 2.45) is 0 Å². The molecule has 0 unspecified atom stereocenters. The summed E-state index contributed by atoms with van der Waals surface area (Å²) in [6, 6.07) is 3.95. The van der Waals surface area contributed by atoms with Gasteiger partial charge in [0.1, 0.15) is 5.82 Å². The third kappa shape index (κ3) is 2.29. The van der Waals surface area contributed by atoms with Gasteiger partial charge in [-0.2, -0.15) is 4.98 Å². The number of aromatic nitrogens is 2. The Morgan fingerprint density at radius 2 is 2.33 bits per heavy atom. The lowest BCUT2D eigenvalue weighted by atomic mass is 10.2. The quantitative estimate of drug-likeness (QED) is 0.658. The first-order chi connectivity index (χ1) is 8.61. The molecule has 6 nitrogen and oxygen atoms in total. The van der Waals surface area contributed by atoms with E-state index in [0.717, 1.165) is 0 Å². The predicted octanol–water partition coefficient (Wildman–Crippen LogP) is 1.63. The minimum Gasteiger partial charge on any atom is -0.460 e. The minimum absolute atomic E-state index is 0.0385. The molecular formula is C11H10FN3O3. The molecule has 0 saturated heterocycles. The molecule has 0 saturated carbocycles. The van der Waals surface area contributed by atoms with E-state index >= 15 is 0 Å². The van der Waals surface area contributed by atoms with Gasteiger partial charge >= 0.3 is 5.97 Å². The second-order valence-electron chi connectivity index (χ2n) is 3.38. The van der Waals surface area contributed by atoms with Crippen LogP contribution in [-0.2, 0) is 4.74 Å². The molecule has 0 radical (unpaired) electrons. The second kappa shape index (κ2) is 4.82. The summed E-state index contributed by atoms with van der Waals surface area (Å²) >= 11 is 0. The first kappa shape index (κ1) is 12.0. The van der Waals surface area contributed by atoms with Gasteiger partial charge in [0.25, 0.3) is 11.7 Å². The molecule has 0 atom stereocenters. The number of hydrogen-bond donors (Lipinski definition) is 1. The molecule has 1 aromatic heterocycles. The lowest BCUT2D eigenvalue weighted by Gasteiger charge is -1.97. The summed E-state index contributed by atoms with van der Waals surface area (Å²) in [6.07, 6.45) is 0. The number of nitrogens with two attached hydrogens (primary N) is 1. The summed E-state index contributed by atoms with van der Waals surface area (Å²) in [7, 11) is 0. The number of ether oxygens (including phenoxy) is 1. The van der Waals surface area contributed by atoms with Crippen molar-refractivity contribution in [1.82, 2.24) is 10.1 Å². The zero-order chi connectivity index (χ0) is 13.1. The largest absolute Gasteiger partial charge is 0.460 e. The molecule has 7 heteroatoms. The standard InChI is InChI=1S/C11H10FN3O3/c1-2-17-11(16)9-14-10(18-15-9)6-3-4-7(12)8(13)5-6/h3-5H,2,13H2,1H3. The molecule has 2 N–H and O–H groups in total. The number of halogens is 1. The molecule has 0 bridgehead atoms. The van der Waals surface area contributed by atoms with Crippen LogP contribution in [0, 0.1) is 5.82 Å². The molecule has 1 heterocycles. The highest BCUT2D eigenvalue weighted by atomic mass is 19.1. The SMILES string of the molecule is CCOC(=O)c1noc(-c2ccc(F)c(N)c2)n1. The minimum atomic E-state index is -0.678. The number of carbonyl (C=O) groups excluding carboxylic acids is 1. The molecule has 0 aliphatic heterocycles. The third-order valence-corrected chi connectivity index (χ3v) is 2.13. The lowest BCUT2D eigenvalue weighted by Crippen LogP contribution is -2.06. The highest BCUT2D eigenvalue weighted by Crippen LogP contribution is 2.21. The number of hydrogen-bond acceptors (Lipinski definition) is 6. The molecule has 0 amide bonds. The summed E-state index contributed by atoms with van der Waals surface area (Å²) in [5, 5.41) is 3.47. The van der Waals surface area contributed by atoms with E-state index in [1.807, 2.05) is 0 Å². The van der Waals surface area contributed by atoms with Gasteiger partial charge in [0.15, 0.2) is 0 Å². The molecule has 0 aliphatic rings. The van der Waals surface area contributed by atoms with Crippen molar-refractivity contribution in [2.75, 3.05) is 12.3 Å². The molecule has 18 heavy (non-hydrogen) atoms. The van der Waals surface area contributed by atoms with Crippen LogP contribution in [0.1, 0.15) is 17.5 Å². The topological polar surface area (TPSA) is 91.2 Å². The van der Waals surface area contributed by atoms with Crippen LogP contribution in [-0.4, -0.2) is 22.7 Å². The van der Waals surface area contributed by atoms with Crippen LogP contribution in [0.25, 0.3) is 11.5 Å². The van der Waals surface area contributed by atoms with E-state index in [1.165, 1.54) is 18.2 Å². The van der Waals surface area contributed by atoms with Crippen molar-refractivity contribution in [2.45, 2.75) is 6.92 Å². The average Bonchev–Trinajstić information content (AvgIpc) is 2.82.